The van der Waals surface area contributed by atoms with E-state index in [9.17, 15) is 9.59 Å². The molecule has 0 unspecified atom stereocenters. The lowest BCUT2D eigenvalue weighted by molar-refractivity contribution is -0.134. The van der Waals surface area contributed by atoms with Crippen molar-refractivity contribution in [3.8, 4) is 5.75 Å². The molecule has 1 saturated carbocycles. The highest BCUT2D eigenvalue weighted by Gasteiger charge is 2.35. The molecule has 2 aliphatic carbocycles. The maximum Gasteiger partial charge on any atom is 0.251 e. The number of ether oxygens (including phenoxy) is 1. The summed E-state index contributed by atoms with van der Waals surface area (Å²) < 4.78 is 6.12. The van der Waals surface area contributed by atoms with Crippen LogP contribution in [0.1, 0.15) is 66.1 Å². The minimum Gasteiger partial charge on any atom is -0.490 e. The quantitative estimate of drug-likeness (QED) is 0.789. The number of likely N-dealkylation sites (tertiary alicyclic amines) is 1. The molecule has 5 rings (SSSR count). The van der Waals surface area contributed by atoms with Crippen LogP contribution in [0, 0.1) is 5.92 Å². The van der Waals surface area contributed by atoms with Crippen LogP contribution in [0.2, 0.25) is 0 Å². The van der Waals surface area contributed by atoms with E-state index in [-0.39, 0.29) is 18.1 Å². The Labute approximate surface area is 183 Å². The molecule has 5 nitrogen and oxygen atoms in total. The second kappa shape index (κ2) is 8.74. The molecule has 1 atom stereocenters. The molecule has 1 N–H and O–H groups in total. The van der Waals surface area contributed by atoms with Crippen molar-refractivity contribution >= 4 is 11.8 Å². The third-order valence-electron chi connectivity index (χ3n) is 6.77. The second-order valence-electron chi connectivity index (χ2n) is 9.06. The summed E-state index contributed by atoms with van der Waals surface area (Å²) in [5, 5.41) is 3.20. The van der Waals surface area contributed by atoms with Crippen molar-refractivity contribution in [2.24, 2.45) is 5.92 Å². The highest BCUT2D eigenvalue weighted by Crippen LogP contribution is 2.32. The predicted molar refractivity (Wildman–Crippen MR) is 119 cm³/mol. The van der Waals surface area contributed by atoms with Crippen molar-refractivity contribution in [3.05, 3.63) is 65.2 Å². The first-order chi connectivity index (χ1) is 15.2. The first-order valence-electron chi connectivity index (χ1n) is 11.6. The normalized spacial score (nSPS) is 21.3. The number of carbonyl (C=O) groups excluding carboxylic acids is 2. The number of piperidine rings is 1. The van der Waals surface area contributed by atoms with Crippen molar-refractivity contribution in [2.75, 3.05) is 13.1 Å². The van der Waals surface area contributed by atoms with E-state index in [1.165, 1.54) is 11.1 Å². The molecule has 3 aliphatic rings. The van der Waals surface area contributed by atoms with Crippen LogP contribution in [0.25, 0.3) is 0 Å². The van der Waals surface area contributed by atoms with Gasteiger partial charge in [0.25, 0.3) is 5.91 Å². The van der Waals surface area contributed by atoms with Gasteiger partial charge in [0, 0.05) is 37.4 Å². The molecule has 5 heteroatoms. The van der Waals surface area contributed by atoms with Crippen LogP contribution in [-0.4, -0.2) is 35.9 Å². The molecule has 2 aromatic rings. The van der Waals surface area contributed by atoms with Gasteiger partial charge in [-0.05, 0) is 67.5 Å². The number of nitrogens with one attached hydrogen (secondary N) is 1. The number of amides is 2. The van der Waals surface area contributed by atoms with Crippen molar-refractivity contribution in [3.63, 3.8) is 0 Å². The summed E-state index contributed by atoms with van der Waals surface area (Å²) in [4.78, 5) is 27.0. The number of aryl methyl sites for hydroxylation is 1. The van der Waals surface area contributed by atoms with Crippen LogP contribution in [0.3, 0.4) is 0 Å². The molecule has 0 spiro atoms. The molecule has 1 saturated heterocycles. The molecule has 0 radical (unpaired) electrons. The number of rotatable bonds is 5. The summed E-state index contributed by atoms with van der Waals surface area (Å²) in [7, 11) is 0. The topological polar surface area (TPSA) is 58.6 Å². The van der Waals surface area contributed by atoms with Crippen molar-refractivity contribution < 1.29 is 14.3 Å². The van der Waals surface area contributed by atoms with E-state index in [2.05, 4.69) is 23.5 Å². The first-order valence-corrected chi connectivity index (χ1v) is 11.6. The largest absolute Gasteiger partial charge is 0.490 e. The van der Waals surface area contributed by atoms with Crippen LogP contribution in [0.4, 0.5) is 0 Å². The average Bonchev–Trinajstić information content (AvgIpc) is 3.65. The number of hydrogen-bond acceptors (Lipinski definition) is 3. The summed E-state index contributed by atoms with van der Waals surface area (Å²) >= 11 is 0. The van der Waals surface area contributed by atoms with E-state index >= 15 is 0 Å². The van der Waals surface area contributed by atoms with Crippen molar-refractivity contribution in [1.82, 2.24) is 10.2 Å². The Morgan fingerprint density at radius 3 is 2.39 bits per heavy atom. The van der Waals surface area contributed by atoms with Gasteiger partial charge in [0.15, 0.2) is 0 Å². The highest BCUT2D eigenvalue weighted by atomic mass is 16.5. The van der Waals surface area contributed by atoms with Gasteiger partial charge in [-0.2, -0.15) is 0 Å². The van der Waals surface area contributed by atoms with Gasteiger partial charge in [0.1, 0.15) is 11.9 Å². The number of carbonyl (C=O) groups is 2. The lowest BCUT2D eigenvalue weighted by Crippen LogP contribution is -2.42. The minimum atomic E-state index is -0.0415. The molecular formula is C26H30N2O3. The maximum absolute atomic E-state index is 12.8. The van der Waals surface area contributed by atoms with E-state index in [4.69, 9.17) is 4.74 Å². The monoisotopic (exact) mass is 418 g/mol. The molecule has 0 bridgehead atoms. The predicted octanol–water partition coefficient (Wildman–Crippen LogP) is 4.27. The van der Waals surface area contributed by atoms with Gasteiger partial charge >= 0.3 is 0 Å². The molecule has 1 heterocycles. The zero-order valence-electron chi connectivity index (χ0n) is 17.9. The van der Waals surface area contributed by atoms with Crippen LogP contribution in [0.5, 0.6) is 5.75 Å². The van der Waals surface area contributed by atoms with Crippen LogP contribution in [0.15, 0.2) is 48.5 Å². The minimum absolute atomic E-state index is 0.0415. The maximum atomic E-state index is 12.8. The number of hydrogen-bond donors (Lipinski definition) is 1. The highest BCUT2D eigenvalue weighted by molar-refractivity contribution is 5.94. The smallest absolute Gasteiger partial charge is 0.251 e. The molecule has 162 valence electrons. The van der Waals surface area contributed by atoms with Gasteiger partial charge in [-0.1, -0.05) is 24.3 Å². The fourth-order valence-corrected chi connectivity index (χ4v) is 4.81. The second-order valence-corrected chi connectivity index (χ2v) is 9.06. The molecule has 2 amide bonds. The lowest BCUT2D eigenvalue weighted by atomic mass is 9.87. The summed E-state index contributed by atoms with van der Waals surface area (Å²) in [5.41, 5.74) is 3.24. The molecule has 31 heavy (non-hydrogen) atoms. The van der Waals surface area contributed by atoms with Gasteiger partial charge < -0.3 is 15.0 Å². The Hall–Kier alpha value is -2.82. The molecular weight excluding hydrogens is 388 g/mol. The van der Waals surface area contributed by atoms with Crippen molar-refractivity contribution in [2.45, 2.75) is 57.1 Å². The van der Waals surface area contributed by atoms with Gasteiger partial charge in [0.2, 0.25) is 5.91 Å². The number of fused-ring (bicyclic) bond motifs is 1. The zero-order valence-corrected chi connectivity index (χ0v) is 17.9. The Morgan fingerprint density at radius 2 is 1.65 bits per heavy atom. The van der Waals surface area contributed by atoms with E-state index in [0.717, 1.165) is 63.8 Å². The number of nitrogens with zero attached hydrogens (tertiary/aromatic N) is 1. The summed E-state index contributed by atoms with van der Waals surface area (Å²) in [5.74, 6) is 1.36. The number of benzene rings is 2. The SMILES string of the molecule is O=C(N[C@@H]1CCCc2ccccc21)c1ccc(OC2CCN(C(=O)C3CC3)CC2)cc1. The van der Waals surface area contributed by atoms with Gasteiger partial charge in [0.05, 0.1) is 6.04 Å². The van der Waals surface area contributed by atoms with E-state index in [1.807, 2.05) is 35.2 Å². The fraction of sp³-hybridized carbons (Fsp3) is 0.462. The Bertz CT molecular complexity index is 943. The van der Waals surface area contributed by atoms with Gasteiger partial charge in [-0.15, -0.1) is 0 Å². The van der Waals surface area contributed by atoms with Crippen molar-refractivity contribution in [1.29, 1.82) is 0 Å². The van der Waals surface area contributed by atoms with Gasteiger partial charge in [-0.25, -0.2) is 0 Å². The Morgan fingerprint density at radius 1 is 0.903 bits per heavy atom. The van der Waals surface area contributed by atoms with Crippen LogP contribution >= 0.6 is 0 Å². The van der Waals surface area contributed by atoms with Crippen LogP contribution < -0.4 is 10.1 Å². The Balaban J connectivity index is 1.14. The van der Waals surface area contributed by atoms with Gasteiger partial charge in [-0.3, -0.25) is 9.59 Å². The molecule has 2 fully saturated rings. The third kappa shape index (κ3) is 4.60. The molecule has 0 aromatic heterocycles. The van der Waals surface area contributed by atoms with E-state index in [0.29, 0.717) is 17.4 Å². The average molecular weight is 419 g/mol. The van der Waals surface area contributed by atoms with E-state index < -0.39 is 0 Å². The molecule has 2 aromatic carbocycles. The Kier molecular flexibility index (Phi) is 5.66. The zero-order chi connectivity index (χ0) is 21.2. The third-order valence-corrected chi connectivity index (χ3v) is 6.77. The summed E-state index contributed by atoms with van der Waals surface area (Å²) in [6.45, 7) is 1.56. The lowest BCUT2D eigenvalue weighted by Gasteiger charge is -2.32. The van der Waals surface area contributed by atoms with E-state index in [1.54, 1.807) is 0 Å². The molecule has 1 aliphatic heterocycles. The summed E-state index contributed by atoms with van der Waals surface area (Å²) in [6.07, 6.45) is 7.13. The fourth-order valence-electron chi connectivity index (χ4n) is 4.81. The van der Waals surface area contributed by atoms with Crippen LogP contribution in [-0.2, 0) is 11.2 Å². The standard InChI is InChI=1S/C26H30N2O3/c29-25(27-24-7-3-5-18-4-1-2-6-23(18)24)19-10-12-21(13-11-19)31-22-14-16-28(17-15-22)26(30)20-8-9-20/h1-2,4,6,10-13,20,22,24H,3,5,7-9,14-17H2,(H,27,29)/t24-/m1/s1. The summed E-state index contributed by atoms with van der Waals surface area (Å²) in [6, 6.07) is 15.9. The first kappa shape index (κ1) is 20.1.